The van der Waals surface area contributed by atoms with E-state index in [9.17, 15) is 19.7 Å². The predicted octanol–water partition coefficient (Wildman–Crippen LogP) is 2.84. The number of rotatable bonds is 6. The van der Waals surface area contributed by atoms with Crippen molar-refractivity contribution in [3.8, 4) is 0 Å². The molecule has 0 aliphatic heterocycles. The predicted molar refractivity (Wildman–Crippen MR) is 83.9 cm³/mol. The van der Waals surface area contributed by atoms with E-state index >= 15 is 0 Å². The molecule has 0 heterocycles. The molecule has 0 aliphatic rings. The lowest BCUT2D eigenvalue weighted by atomic mass is 10.2. The number of benzene rings is 1. The Morgan fingerprint density at radius 2 is 1.86 bits per heavy atom. The fourth-order valence-electron chi connectivity index (χ4n) is 1.91. The van der Waals surface area contributed by atoms with Gasteiger partial charge in [-0.3, -0.25) is 19.7 Å². The fraction of sp³-hybridized carbons (Fsp3) is 0.429. The van der Waals surface area contributed by atoms with Crippen LogP contribution >= 0.6 is 11.6 Å². The largest absolute Gasteiger partial charge is 0.334 e. The second-order valence-electron chi connectivity index (χ2n) is 4.67. The lowest BCUT2D eigenvalue weighted by Crippen LogP contribution is -2.40. The Morgan fingerprint density at radius 1 is 1.27 bits per heavy atom. The molecule has 0 bridgehead atoms. The van der Waals surface area contributed by atoms with Gasteiger partial charge in [0.25, 0.3) is 5.69 Å². The van der Waals surface area contributed by atoms with Crippen LogP contribution in [0, 0.1) is 10.1 Å². The minimum Gasteiger partial charge on any atom is -0.334 e. The van der Waals surface area contributed by atoms with E-state index in [0.29, 0.717) is 13.1 Å². The first-order chi connectivity index (χ1) is 10.4. The number of nitro benzene ring substituents is 1. The number of hydrogen-bond donors (Lipinski definition) is 1. The molecule has 0 saturated carbocycles. The van der Waals surface area contributed by atoms with Crippen LogP contribution in [0.5, 0.6) is 0 Å². The molecule has 0 fully saturated rings. The zero-order valence-electron chi connectivity index (χ0n) is 12.5. The average molecular weight is 328 g/mol. The summed E-state index contributed by atoms with van der Waals surface area (Å²) in [6.07, 6.45) is 1.48. The molecule has 0 aromatic heterocycles. The molecule has 1 N–H and O–H groups in total. The standard InChI is InChI=1S/C14H18ClN3O4/c1-3-7-17(8-4-2)14(20)13(19)16-10-5-6-11(15)12(9-10)18(21)22/h5-6,9H,3-4,7-8H2,1-2H3,(H,16,19). The third-order valence-corrected chi connectivity index (χ3v) is 3.19. The van der Waals surface area contributed by atoms with Crippen molar-refractivity contribution < 1.29 is 14.5 Å². The second kappa shape index (κ2) is 8.33. The topological polar surface area (TPSA) is 92.6 Å². The Hall–Kier alpha value is -2.15. The van der Waals surface area contributed by atoms with Crippen LogP contribution in [0.25, 0.3) is 0 Å². The average Bonchev–Trinajstić information content (AvgIpc) is 2.47. The number of halogens is 1. The summed E-state index contributed by atoms with van der Waals surface area (Å²) in [6.45, 7) is 4.80. The third-order valence-electron chi connectivity index (χ3n) is 2.87. The molecule has 0 radical (unpaired) electrons. The number of carbonyl (C=O) groups excluding carboxylic acids is 2. The van der Waals surface area contributed by atoms with Crippen LogP contribution in [-0.4, -0.2) is 34.7 Å². The summed E-state index contributed by atoms with van der Waals surface area (Å²) in [7, 11) is 0. The van der Waals surface area contributed by atoms with Gasteiger partial charge in [0.15, 0.2) is 0 Å². The summed E-state index contributed by atoms with van der Waals surface area (Å²) in [5.41, 5.74) is -0.173. The van der Waals surface area contributed by atoms with E-state index in [1.54, 1.807) is 0 Å². The maximum Gasteiger partial charge on any atom is 0.313 e. The molecule has 2 amide bonds. The normalized spacial score (nSPS) is 10.1. The van der Waals surface area contributed by atoms with Gasteiger partial charge in [0.2, 0.25) is 0 Å². The molecule has 7 nitrogen and oxygen atoms in total. The maximum atomic E-state index is 12.1. The van der Waals surface area contributed by atoms with Crippen molar-refractivity contribution in [2.24, 2.45) is 0 Å². The minimum absolute atomic E-state index is 0.0343. The molecular weight excluding hydrogens is 310 g/mol. The van der Waals surface area contributed by atoms with Crippen molar-refractivity contribution in [2.75, 3.05) is 18.4 Å². The van der Waals surface area contributed by atoms with Gasteiger partial charge >= 0.3 is 11.8 Å². The number of nitrogens with one attached hydrogen (secondary N) is 1. The quantitative estimate of drug-likeness (QED) is 0.494. The van der Waals surface area contributed by atoms with Gasteiger partial charge in [0.1, 0.15) is 5.02 Å². The van der Waals surface area contributed by atoms with E-state index in [-0.39, 0.29) is 16.4 Å². The molecule has 8 heteroatoms. The molecule has 1 rings (SSSR count). The van der Waals surface area contributed by atoms with Crippen LogP contribution < -0.4 is 5.32 Å². The molecule has 0 saturated heterocycles. The fourth-order valence-corrected chi connectivity index (χ4v) is 2.10. The van der Waals surface area contributed by atoms with Gasteiger partial charge in [-0.05, 0) is 25.0 Å². The first kappa shape index (κ1) is 17.9. The van der Waals surface area contributed by atoms with Crippen LogP contribution in [-0.2, 0) is 9.59 Å². The molecule has 1 aromatic carbocycles. The summed E-state index contributed by atoms with van der Waals surface area (Å²) in [4.78, 5) is 35.6. The Kier molecular flexibility index (Phi) is 6.78. The molecule has 0 aliphatic carbocycles. The summed E-state index contributed by atoms with van der Waals surface area (Å²) in [5, 5.41) is 13.1. The van der Waals surface area contributed by atoms with Crippen LogP contribution in [0.3, 0.4) is 0 Å². The van der Waals surface area contributed by atoms with Gasteiger partial charge in [-0.25, -0.2) is 0 Å². The number of nitrogens with zero attached hydrogens (tertiary/aromatic N) is 2. The number of amides is 2. The number of carbonyl (C=O) groups is 2. The summed E-state index contributed by atoms with van der Waals surface area (Å²) in [6, 6.07) is 3.83. The van der Waals surface area contributed by atoms with E-state index in [4.69, 9.17) is 11.6 Å². The van der Waals surface area contributed by atoms with Crippen molar-refractivity contribution in [1.29, 1.82) is 0 Å². The first-order valence-electron chi connectivity index (χ1n) is 6.94. The summed E-state index contributed by atoms with van der Waals surface area (Å²) < 4.78 is 0. The zero-order chi connectivity index (χ0) is 16.7. The molecule has 22 heavy (non-hydrogen) atoms. The highest BCUT2D eigenvalue weighted by atomic mass is 35.5. The van der Waals surface area contributed by atoms with Gasteiger partial charge in [0, 0.05) is 24.8 Å². The Morgan fingerprint density at radius 3 is 2.36 bits per heavy atom. The van der Waals surface area contributed by atoms with Gasteiger partial charge in [-0.15, -0.1) is 0 Å². The molecule has 0 unspecified atom stereocenters. The van der Waals surface area contributed by atoms with E-state index in [1.807, 2.05) is 13.8 Å². The lowest BCUT2D eigenvalue weighted by molar-refractivity contribution is -0.384. The smallest absolute Gasteiger partial charge is 0.313 e. The lowest BCUT2D eigenvalue weighted by Gasteiger charge is -2.20. The minimum atomic E-state index is -0.821. The highest BCUT2D eigenvalue weighted by Gasteiger charge is 2.22. The Bertz CT molecular complexity index is 571. The molecule has 0 spiro atoms. The number of anilines is 1. The molecule has 120 valence electrons. The Balaban J connectivity index is 2.85. The summed E-state index contributed by atoms with van der Waals surface area (Å²) >= 11 is 5.69. The van der Waals surface area contributed by atoms with Crippen molar-refractivity contribution in [1.82, 2.24) is 4.90 Å². The van der Waals surface area contributed by atoms with E-state index in [0.717, 1.165) is 18.9 Å². The second-order valence-corrected chi connectivity index (χ2v) is 5.08. The van der Waals surface area contributed by atoms with Gasteiger partial charge in [-0.2, -0.15) is 0 Å². The van der Waals surface area contributed by atoms with Crippen LogP contribution in [0.4, 0.5) is 11.4 Å². The van der Waals surface area contributed by atoms with Crippen molar-refractivity contribution in [3.05, 3.63) is 33.3 Å². The van der Waals surface area contributed by atoms with Crippen LogP contribution in [0.2, 0.25) is 5.02 Å². The maximum absolute atomic E-state index is 12.1. The van der Waals surface area contributed by atoms with Crippen molar-refractivity contribution in [3.63, 3.8) is 0 Å². The highest BCUT2D eigenvalue weighted by molar-refractivity contribution is 6.39. The van der Waals surface area contributed by atoms with E-state index < -0.39 is 16.7 Å². The van der Waals surface area contributed by atoms with E-state index in [1.165, 1.54) is 17.0 Å². The monoisotopic (exact) mass is 327 g/mol. The molecule has 0 atom stereocenters. The van der Waals surface area contributed by atoms with Crippen LogP contribution in [0.15, 0.2) is 18.2 Å². The summed E-state index contributed by atoms with van der Waals surface area (Å²) in [5.74, 6) is -1.47. The van der Waals surface area contributed by atoms with Crippen molar-refractivity contribution in [2.45, 2.75) is 26.7 Å². The number of nitro groups is 1. The van der Waals surface area contributed by atoms with Crippen LogP contribution in [0.1, 0.15) is 26.7 Å². The molecular formula is C14H18ClN3O4. The third kappa shape index (κ3) is 4.70. The van der Waals surface area contributed by atoms with Gasteiger partial charge in [-0.1, -0.05) is 25.4 Å². The van der Waals surface area contributed by atoms with E-state index in [2.05, 4.69) is 5.32 Å². The number of hydrogen-bond acceptors (Lipinski definition) is 4. The highest BCUT2D eigenvalue weighted by Crippen LogP contribution is 2.27. The van der Waals surface area contributed by atoms with Gasteiger partial charge in [0.05, 0.1) is 4.92 Å². The SMILES string of the molecule is CCCN(CCC)C(=O)C(=O)Nc1ccc(Cl)c([N+](=O)[O-])c1. The molecule has 1 aromatic rings. The van der Waals surface area contributed by atoms with Crippen molar-refractivity contribution >= 4 is 34.8 Å². The zero-order valence-corrected chi connectivity index (χ0v) is 13.2. The first-order valence-corrected chi connectivity index (χ1v) is 7.32. The Labute approximate surface area is 133 Å². The van der Waals surface area contributed by atoms with Gasteiger partial charge < -0.3 is 10.2 Å².